The van der Waals surface area contributed by atoms with Crippen molar-refractivity contribution in [3.8, 4) is 0 Å². The van der Waals surface area contributed by atoms with Gasteiger partial charge >= 0.3 is 0 Å². The molecule has 1 aliphatic rings. The number of hydrogen-bond acceptors (Lipinski definition) is 3. The highest BCUT2D eigenvalue weighted by Crippen LogP contribution is 2.35. The molecule has 0 aliphatic carbocycles. The lowest BCUT2D eigenvalue weighted by Gasteiger charge is -2.39. The molecule has 0 bridgehead atoms. The van der Waals surface area contributed by atoms with Gasteiger partial charge < -0.3 is 5.32 Å². The van der Waals surface area contributed by atoms with Gasteiger partial charge in [-0.25, -0.2) is 4.39 Å². The summed E-state index contributed by atoms with van der Waals surface area (Å²) >= 11 is 1.73. The SMILES string of the molecule is O=C(CN1CC[C@@H]1c1cccs1)Nc1ccc(F)cc1. The number of nitrogens with zero attached hydrogens (tertiary/aromatic N) is 1. The predicted molar refractivity (Wildman–Crippen MR) is 78.3 cm³/mol. The number of likely N-dealkylation sites (tertiary alicyclic amines) is 1. The van der Waals surface area contributed by atoms with E-state index in [0.29, 0.717) is 18.3 Å². The molecule has 1 N–H and O–H groups in total. The van der Waals surface area contributed by atoms with E-state index in [1.807, 2.05) is 6.07 Å². The number of halogens is 1. The Morgan fingerprint density at radius 3 is 2.75 bits per heavy atom. The minimum absolute atomic E-state index is 0.0575. The second kappa shape index (κ2) is 5.73. The minimum atomic E-state index is -0.302. The van der Waals surface area contributed by atoms with Crippen molar-refractivity contribution >= 4 is 22.9 Å². The van der Waals surface area contributed by atoms with Gasteiger partial charge in [-0.2, -0.15) is 0 Å². The highest BCUT2D eigenvalue weighted by atomic mass is 32.1. The van der Waals surface area contributed by atoms with Crippen molar-refractivity contribution in [2.75, 3.05) is 18.4 Å². The number of thiophene rings is 1. The van der Waals surface area contributed by atoms with E-state index in [-0.39, 0.29) is 11.7 Å². The van der Waals surface area contributed by atoms with Crippen molar-refractivity contribution in [1.29, 1.82) is 0 Å². The summed E-state index contributed by atoms with van der Waals surface area (Å²) in [5, 5.41) is 4.85. The van der Waals surface area contributed by atoms with Crippen LogP contribution in [0.2, 0.25) is 0 Å². The second-order valence-electron chi connectivity index (χ2n) is 4.85. The molecule has 1 aliphatic heterocycles. The van der Waals surface area contributed by atoms with Gasteiger partial charge in [-0.3, -0.25) is 9.69 Å². The van der Waals surface area contributed by atoms with Crippen molar-refractivity contribution in [3.63, 3.8) is 0 Å². The van der Waals surface area contributed by atoms with Gasteiger partial charge in [0.2, 0.25) is 5.91 Å². The molecule has 104 valence electrons. The van der Waals surface area contributed by atoms with Crippen LogP contribution < -0.4 is 5.32 Å². The fourth-order valence-electron chi connectivity index (χ4n) is 2.35. The van der Waals surface area contributed by atoms with Crippen LogP contribution in [0.4, 0.5) is 10.1 Å². The Morgan fingerprint density at radius 2 is 2.15 bits per heavy atom. The Balaban J connectivity index is 1.55. The lowest BCUT2D eigenvalue weighted by molar-refractivity contribution is -0.119. The average molecular weight is 290 g/mol. The Morgan fingerprint density at radius 1 is 1.35 bits per heavy atom. The largest absolute Gasteiger partial charge is 0.325 e. The Labute approximate surface area is 121 Å². The van der Waals surface area contributed by atoms with Gasteiger partial charge in [0.05, 0.1) is 6.54 Å². The third kappa shape index (κ3) is 2.89. The molecular weight excluding hydrogens is 275 g/mol. The molecule has 0 spiro atoms. The first-order chi connectivity index (χ1) is 9.72. The van der Waals surface area contributed by atoms with Crippen LogP contribution in [0.1, 0.15) is 17.3 Å². The molecule has 5 heteroatoms. The fraction of sp³-hybridized carbons (Fsp3) is 0.267. The number of carbonyl (C=O) groups is 1. The zero-order valence-corrected chi connectivity index (χ0v) is 11.7. The molecule has 2 aromatic rings. The highest BCUT2D eigenvalue weighted by Gasteiger charge is 2.31. The third-order valence-corrected chi connectivity index (χ3v) is 4.45. The molecule has 20 heavy (non-hydrogen) atoms. The van der Waals surface area contributed by atoms with Crippen LogP contribution in [0.3, 0.4) is 0 Å². The van der Waals surface area contributed by atoms with Gasteiger partial charge in [-0.15, -0.1) is 11.3 Å². The van der Waals surface area contributed by atoms with E-state index in [2.05, 4.69) is 21.7 Å². The first-order valence-corrected chi connectivity index (χ1v) is 7.43. The first-order valence-electron chi connectivity index (χ1n) is 6.55. The zero-order chi connectivity index (χ0) is 13.9. The van der Waals surface area contributed by atoms with Crippen LogP contribution in [0, 0.1) is 5.82 Å². The fourth-order valence-corrected chi connectivity index (χ4v) is 3.25. The molecular formula is C15H15FN2OS. The monoisotopic (exact) mass is 290 g/mol. The van der Waals surface area contributed by atoms with Gasteiger partial charge in [0.25, 0.3) is 0 Å². The van der Waals surface area contributed by atoms with E-state index >= 15 is 0 Å². The van der Waals surface area contributed by atoms with Gasteiger partial charge in [0, 0.05) is 23.2 Å². The maximum Gasteiger partial charge on any atom is 0.238 e. The molecule has 2 heterocycles. The van der Waals surface area contributed by atoms with Crippen molar-refractivity contribution in [2.45, 2.75) is 12.5 Å². The van der Waals surface area contributed by atoms with Crippen molar-refractivity contribution < 1.29 is 9.18 Å². The lowest BCUT2D eigenvalue weighted by Crippen LogP contribution is -2.44. The maximum atomic E-state index is 12.8. The van der Waals surface area contributed by atoms with Crippen LogP contribution in [0.5, 0.6) is 0 Å². The summed E-state index contributed by atoms with van der Waals surface area (Å²) in [6.45, 7) is 1.32. The van der Waals surface area contributed by atoms with Gasteiger partial charge in [-0.1, -0.05) is 6.07 Å². The summed E-state index contributed by atoms with van der Waals surface area (Å²) < 4.78 is 12.8. The number of nitrogens with one attached hydrogen (secondary N) is 1. The summed E-state index contributed by atoms with van der Waals surface area (Å²) in [6.07, 6.45) is 1.10. The molecule has 0 radical (unpaired) electrons. The van der Waals surface area contributed by atoms with E-state index in [4.69, 9.17) is 0 Å². The van der Waals surface area contributed by atoms with E-state index in [1.54, 1.807) is 23.5 Å². The lowest BCUT2D eigenvalue weighted by atomic mass is 10.0. The Hall–Kier alpha value is -1.72. The molecule has 0 unspecified atom stereocenters. The molecule has 1 aromatic heterocycles. The van der Waals surface area contributed by atoms with Crippen molar-refractivity contribution in [3.05, 3.63) is 52.5 Å². The van der Waals surface area contributed by atoms with Crippen molar-refractivity contribution in [2.24, 2.45) is 0 Å². The van der Waals surface area contributed by atoms with Crippen LogP contribution >= 0.6 is 11.3 Å². The zero-order valence-electron chi connectivity index (χ0n) is 10.9. The third-order valence-electron chi connectivity index (χ3n) is 3.48. The molecule has 1 aromatic carbocycles. The highest BCUT2D eigenvalue weighted by molar-refractivity contribution is 7.10. The summed E-state index contributed by atoms with van der Waals surface area (Å²) in [6, 6.07) is 10.3. The normalized spacial score (nSPS) is 18.6. The summed E-state index contributed by atoms with van der Waals surface area (Å²) in [4.78, 5) is 15.4. The van der Waals surface area contributed by atoms with Gasteiger partial charge in [0.15, 0.2) is 0 Å². The standard InChI is InChI=1S/C15H15FN2OS/c16-11-3-5-12(6-4-11)17-15(19)10-18-8-7-13(18)14-2-1-9-20-14/h1-6,9,13H,7-8,10H2,(H,17,19)/t13-/m1/s1. The first kappa shape index (κ1) is 13.3. The minimum Gasteiger partial charge on any atom is -0.325 e. The topological polar surface area (TPSA) is 32.3 Å². The van der Waals surface area contributed by atoms with Crippen LogP contribution in [-0.4, -0.2) is 23.9 Å². The summed E-state index contributed by atoms with van der Waals surface area (Å²) in [5.74, 6) is -0.360. The average Bonchev–Trinajstić information content (AvgIpc) is 2.91. The molecule has 1 atom stereocenters. The number of benzene rings is 1. The number of carbonyl (C=O) groups excluding carboxylic acids is 1. The molecule has 0 saturated carbocycles. The summed E-state index contributed by atoms with van der Waals surface area (Å²) in [7, 11) is 0. The van der Waals surface area contributed by atoms with E-state index in [1.165, 1.54) is 17.0 Å². The van der Waals surface area contributed by atoms with Crippen LogP contribution in [-0.2, 0) is 4.79 Å². The second-order valence-corrected chi connectivity index (χ2v) is 5.82. The molecule has 3 nitrogen and oxygen atoms in total. The molecule has 1 amide bonds. The van der Waals surface area contributed by atoms with Crippen LogP contribution in [0.25, 0.3) is 0 Å². The van der Waals surface area contributed by atoms with Crippen LogP contribution in [0.15, 0.2) is 41.8 Å². The maximum absolute atomic E-state index is 12.8. The Kier molecular flexibility index (Phi) is 3.80. The smallest absolute Gasteiger partial charge is 0.238 e. The van der Waals surface area contributed by atoms with E-state index in [9.17, 15) is 9.18 Å². The predicted octanol–water partition coefficient (Wildman–Crippen LogP) is 3.27. The van der Waals surface area contributed by atoms with E-state index < -0.39 is 0 Å². The van der Waals surface area contributed by atoms with E-state index in [0.717, 1.165) is 13.0 Å². The number of rotatable bonds is 4. The number of hydrogen-bond donors (Lipinski definition) is 1. The molecule has 1 fully saturated rings. The number of anilines is 1. The molecule has 3 rings (SSSR count). The Bertz CT molecular complexity index is 582. The van der Waals surface area contributed by atoms with Gasteiger partial charge in [0.1, 0.15) is 5.82 Å². The molecule has 1 saturated heterocycles. The quantitative estimate of drug-likeness (QED) is 0.937. The summed E-state index contributed by atoms with van der Waals surface area (Å²) in [5.41, 5.74) is 0.629. The van der Waals surface area contributed by atoms with Crippen molar-refractivity contribution in [1.82, 2.24) is 4.90 Å². The number of amides is 1. The van der Waals surface area contributed by atoms with Gasteiger partial charge in [-0.05, 0) is 42.1 Å².